The average molecular weight is 301 g/mol. The molecule has 0 fully saturated rings. The second-order valence-corrected chi connectivity index (χ2v) is 6.42. The molecule has 0 spiro atoms. The number of hydrogen-bond donors (Lipinski definition) is 2. The molecular weight excluding hydrogens is 290 g/mol. The predicted molar refractivity (Wildman–Crippen MR) is 68.5 cm³/mol. The molecule has 9 heteroatoms. The molecule has 0 aliphatic carbocycles. The molecule has 0 amide bonds. The average Bonchev–Trinajstić information content (AvgIpc) is 2.94. The number of sulfonamides is 1. The largest absolute Gasteiger partial charge is 0.477 e. The fourth-order valence-electron chi connectivity index (χ4n) is 1.48. The fourth-order valence-corrected chi connectivity index (χ4v) is 3.76. The lowest BCUT2D eigenvalue weighted by Crippen LogP contribution is -2.24. The monoisotopic (exact) mass is 301 g/mol. The van der Waals surface area contributed by atoms with Crippen molar-refractivity contribution < 1.29 is 18.3 Å². The van der Waals surface area contributed by atoms with E-state index in [4.69, 9.17) is 5.11 Å². The smallest absolute Gasteiger partial charge is 0.347 e. The highest BCUT2D eigenvalue weighted by atomic mass is 32.2. The second kappa shape index (κ2) is 5.11. The minimum atomic E-state index is -3.84. The van der Waals surface area contributed by atoms with Crippen LogP contribution in [0.15, 0.2) is 28.7 Å². The number of carbonyl (C=O) groups is 1. The highest BCUT2D eigenvalue weighted by molar-refractivity contribution is 7.89. The third kappa shape index (κ3) is 3.00. The molecule has 0 aliphatic rings. The number of nitrogens with one attached hydrogen (secondary N) is 1. The third-order valence-electron chi connectivity index (χ3n) is 2.34. The zero-order chi connectivity index (χ0) is 14.0. The van der Waals surface area contributed by atoms with Crippen LogP contribution in [0.5, 0.6) is 0 Å². The SMILES string of the molecule is Cn1cc(CNS(=O)(=O)c2ccsc2C(=O)O)cn1. The molecule has 2 aromatic heterocycles. The van der Waals surface area contributed by atoms with Crippen molar-refractivity contribution in [3.63, 3.8) is 0 Å². The molecule has 7 nitrogen and oxygen atoms in total. The lowest BCUT2D eigenvalue weighted by Gasteiger charge is -2.04. The number of aromatic carboxylic acids is 1. The van der Waals surface area contributed by atoms with Gasteiger partial charge in [0.15, 0.2) is 0 Å². The molecule has 102 valence electrons. The van der Waals surface area contributed by atoms with Gasteiger partial charge < -0.3 is 5.11 Å². The molecule has 19 heavy (non-hydrogen) atoms. The zero-order valence-electron chi connectivity index (χ0n) is 9.90. The number of carboxylic acids is 1. The molecule has 2 N–H and O–H groups in total. The second-order valence-electron chi connectivity index (χ2n) is 3.77. The summed E-state index contributed by atoms with van der Waals surface area (Å²) < 4.78 is 27.9. The van der Waals surface area contributed by atoms with Gasteiger partial charge in [0.25, 0.3) is 0 Å². The van der Waals surface area contributed by atoms with Crippen molar-refractivity contribution in [2.75, 3.05) is 0 Å². The van der Waals surface area contributed by atoms with E-state index in [1.165, 1.54) is 17.6 Å². The number of aryl methyl sites for hydroxylation is 1. The van der Waals surface area contributed by atoms with Crippen molar-refractivity contribution in [3.05, 3.63) is 34.3 Å². The van der Waals surface area contributed by atoms with Crippen LogP contribution in [-0.4, -0.2) is 29.3 Å². The maximum atomic E-state index is 12.0. The van der Waals surface area contributed by atoms with Crippen LogP contribution in [0.2, 0.25) is 0 Å². The molecule has 0 unspecified atom stereocenters. The Labute approximate surface area is 113 Å². The first-order valence-corrected chi connectivity index (χ1v) is 7.54. The minimum absolute atomic E-state index is 0.0606. The van der Waals surface area contributed by atoms with E-state index in [9.17, 15) is 13.2 Å². The molecular formula is C10H11N3O4S2. The molecule has 2 rings (SSSR count). The summed E-state index contributed by atoms with van der Waals surface area (Å²) in [4.78, 5) is 10.5. The maximum Gasteiger partial charge on any atom is 0.347 e. The van der Waals surface area contributed by atoms with E-state index in [0.29, 0.717) is 5.56 Å². The van der Waals surface area contributed by atoms with Crippen molar-refractivity contribution in [1.82, 2.24) is 14.5 Å². The summed E-state index contributed by atoms with van der Waals surface area (Å²) in [5.41, 5.74) is 0.693. The van der Waals surface area contributed by atoms with Gasteiger partial charge in [-0.2, -0.15) is 5.10 Å². The summed E-state index contributed by atoms with van der Waals surface area (Å²) in [6, 6.07) is 1.28. The number of hydrogen-bond acceptors (Lipinski definition) is 5. The Morgan fingerprint density at radius 1 is 1.58 bits per heavy atom. The molecule has 0 radical (unpaired) electrons. The van der Waals surface area contributed by atoms with Gasteiger partial charge in [-0.1, -0.05) is 0 Å². The Morgan fingerprint density at radius 3 is 2.89 bits per heavy atom. The van der Waals surface area contributed by atoms with Gasteiger partial charge in [0.2, 0.25) is 10.0 Å². The van der Waals surface area contributed by atoms with E-state index in [0.717, 1.165) is 11.3 Å². The van der Waals surface area contributed by atoms with Crippen LogP contribution in [0.25, 0.3) is 0 Å². The summed E-state index contributed by atoms with van der Waals surface area (Å²) in [6.07, 6.45) is 3.21. The summed E-state index contributed by atoms with van der Waals surface area (Å²) in [5.74, 6) is -1.25. The van der Waals surface area contributed by atoms with E-state index < -0.39 is 16.0 Å². The quantitative estimate of drug-likeness (QED) is 0.844. The highest BCUT2D eigenvalue weighted by Crippen LogP contribution is 2.21. The van der Waals surface area contributed by atoms with Crippen molar-refractivity contribution >= 4 is 27.3 Å². The van der Waals surface area contributed by atoms with Crippen molar-refractivity contribution in [3.8, 4) is 0 Å². The summed E-state index contributed by atoms with van der Waals surface area (Å²) >= 11 is 0.875. The van der Waals surface area contributed by atoms with Gasteiger partial charge in [-0.05, 0) is 11.4 Å². The van der Waals surface area contributed by atoms with Gasteiger partial charge in [0.1, 0.15) is 9.77 Å². The van der Waals surface area contributed by atoms with E-state index >= 15 is 0 Å². The van der Waals surface area contributed by atoms with E-state index in [1.807, 2.05) is 0 Å². The molecule has 0 saturated carbocycles. The molecule has 2 heterocycles. The van der Waals surface area contributed by atoms with Crippen molar-refractivity contribution in [2.24, 2.45) is 7.05 Å². The van der Waals surface area contributed by atoms with Crippen LogP contribution < -0.4 is 4.72 Å². The summed E-state index contributed by atoms with van der Waals surface area (Å²) in [5, 5.41) is 14.3. The number of carboxylic acid groups (broad SMARTS) is 1. The Kier molecular flexibility index (Phi) is 3.69. The van der Waals surface area contributed by atoms with Crippen LogP contribution >= 0.6 is 11.3 Å². The lowest BCUT2D eigenvalue weighted by atomic mass is 10.4. The van der Waals surface area contributed by atoms with Crippen molar-refractivity contribution in [1.29, 1.82) is 0 Å². The maximum absolute atomic E-state index is 12.0. The summed E-state index contributed by atoms with van der Waals surface area (Å²) in [6.45, 7) is 0.0606. The zero-order valence-corrected chi connectivity index (χ0v) is 11.5. The molecule has 0 aromatic carbocycles. The summed E-state index contributed by atoms with van der Waals surface area (Å²) in [7, 11) is -2.12. The number of aromatic nitrogens is 2. The third-order valence-corrected chi connectivity index (χ3v) is 4.81. The molecule has 0 atom stereocenters. The Hall–Kier alpha value is -1.71. The van der Waals surface area contributed by atoms with Crippen LogP contribution in [0, 0.1) is 0 Å². The fraction of sp³-hybridized carbons (Fsp3) is 0.200. The van der Waals surface area contributed by atoms with Gasteiger partial charge in [-0.25, -0.2) is 17.9 Å². The van der Waals surface area contributed by atoms with Gasteiger partial charge >= 0.3 is 5.97 Å². The first-order valence-electron chi connectivity index (χ1n) is 5.18. The van der Waals surface area contributed by atoms with Crippen molar-refractivity contribution in [2.45, 2.75) is 11.4 Å². The molecule has 0 bridgehead atoms. The van der Waals surface area contributed by atoms with Gasteiger partial charge in [-0.15, -0.1) is 11.3 Å². The molecule has 2 aromatic rings. The standard InChI is InChI=1S/C10H11N3O4S2/c1-13-6-7(4-11-13)5-12-19(16,17)8-2-3-18-9(8)10(14)15/h2-4,6,12H,5H2,1H3,(H,14,15). The van der Waals surface area contributed by atoms with Crippen LogP contribution in [0.4, 0.5) is 0 Å². The number of nitrogens with zero attached hydrogens (tertiary/aromatic N) is 2. The lowest BCUT2D eigenvalue weighted by molar-refractivity contribution is 0.0698. The highest BCUT2D eigenvalue weighted by Gasteiger charge is 2.23. The number of thiophene rings is 1. The molecule has 0 aliphatic heterocycles. The Morgan fingerprint density at radius 2 is 2.32 bits per heavy atom. The van der Waals surface area contributed by atoms with Gasteiger partial charge in [0, 0.05) is 25.4 Å². The topological polar surface area (TPSA) is 101 Å². The number of rotatable bonds is 5. The molecule has 0 saturated heterocycles. The van der Waals surface area contributed by atoms with E-state index in [-0.39, 0.29) is 16.3 Å². The normalized spacial score (nSPS) is 11.6. The van der Waals surface area contributed by atoms with Gasteiger partial charge in [-0.3, -0.25) is 4.68 Å². The minimum Gasteiger partial charge on any atom is -0.477 e. The Balaban J connectivity index is 2.18. The predicted octanol–water partition coefficient (Wildman–Crippen LogP) is 0.658. The first-order chi connectivity index (χ1) is 8.90. The first kappa shape index (κ1) is 13.7. The van der Waals surface area contributed by atoms with Crippen LogP contribution in [0.3, 0.4) is 0 Å². The van der Waals surface area contributed by atoms with Crippen LogP contribution in [-0.2, 0) is 23.6 Å². The van der Waals surface area contributed by atoms with E-state index in [2.05, 4.69) is 9.82 Å². The van der Waals surface area contributed by atoms with Gasteiger partial charge in [0.05, 0.1) is 6.20 Å². The Bertz CT molecular complexity index is 702. The van der Waals surface area contributed by atoms with E-state index in [1.54, 1.807) is 17.9 Å². The van der Waals surface area contributed by atoms with Crippen LogP contribution in [0.1, 0.15) is 15.2 Å².